The molecule has 0 aliphatic carbocycles. The number of carbonyl (C=O) groups excluding carboxylic acids is 1. The number of halogens is 1. The highest BCUT2D eigenvalue weighted by molar-refractivity contribution is 14.0. The number of nitrogens with zero attached hydrogens (tertiary/aromatic N) is 1. The van der Waals surface area contributed by atoms with Gasteiger partial charge in [-0.2, -0.15) is 0 Å². The SMILES string of the molecule is CCOC(=O)NC(CN=C(N)NC(C)(C)C)CC(C)C.I. The van der Waals surface area contributed by atoms with Crippen LogP contribution in [0.15, 0.2) is 4.99 Å². The molecule has 7 heteroatoms. The van der Waals surface area contributed by atoms with Crippen molar-refractivity contribution in [3.63, 3.8) is 0 Å². The number of alkyl carbamates (subject to hydrolysis) is 1. The number of aliphatic imine (C=N–C) groups is 1. The van der Waals surface area contributed by atoms with Gasteiger partial charge in [0, 0.05) is 5.54 Å². The summed E-state index contributed by atoms with van der Waals surface area (Å²) in [6, 6.07) is -0.0747. The first-order valence-corrected chi connectivity index (χ1v) is 7.15. The van der Waals surface area contributed by atoms with Crippen LogP contribution in [0, 0.1) is 5.92 Å². The molecule has 0 saturated carbocycles. The molecule has 1 unspecified atom stereocenters. The molecule has 0 fully saturated rings. The van der Waals surface area contributed by atoms with E-state index in [9.17, 15) is 4.79 Å². The third-order valence-corrected chi connectivity index (χ3v) is 2.34. The number of hydrogen-bond donors (Lipinski definition) is 3. The molecule has 126 valence electrons. The first-order valence-electron chi connectivity index (χ1n) is 7.15. The van der Waals surface area contributed by atoms with Gasteiger partial charge < -0.3 is 21.1 Å². The average Bonchev–Trinajstić information content (AvgIpc) is 2.23. The average molecular weight is 414 g/mol. The van der Waals surface area contributed by atoms with Gasteiger partial charge in [-0.15, -0.1) is 24.0 Å². The maximum absolute atomic E-state index is 11.5. The molecule has 21 heavy (non-hydrogen) atoms. The van der Waals surface area contributed by atoms with Crippen LogP contribution in [0.1, 0.15) is 48.0 Å². The van der Waals surface area contributed by atoms with E-state index in [1.54, 1.807) is 6.92 Å². The Labute approximate surface area is 145 Å². The quantitative estimate of drug-likeness (QED) is 0.354. The van der Waals surface area contributed by atoms with E-state index in [-0.39, 0.29) is 35.6 Å². The topological polar surface area (TPSA) is 88.7 Å². The van der Waals surface area contributed by atoms with E-state index in [0.717, 1.165) is 6.42 Å². The Morgan fingerprint density at radius 3 is 2.33 bits per heavy atom. The van der Waals surface area contributed by atoms with Crippen LogP contribution >= 0.6 is 24.0 Å². The molecular weight excluding hydrogens is 383 g/mol. The van der Waals surface area contributed by atoms with Gasteiger partial charge in [-0.3, -0.25) is 4.99 Å². The predicted octanol–water partition coefficient (Wildman–Crippen LogP) is 2.47. The molecule has 0 radical (unpaired) electrons. The fourth-order valence-electron chi connectivity index (χ4n) is 1.72. The summed E-state index contributed by atoms with van der Waals surface area (Å²) < 4.78 is 4.90. The molecule has 6 nitrogen and oxygen atoms in total. The van der Waals surface area contributed by atoms with Gasteiger partial charge in [-0.1, -0.05) is 13.8 Å². The number of nitrogens with one attached hydrogen (secondary N) is 2. The van der Waals surface area contributed by atoms with Crippen LogP contribution in [0.25, 0.3) is 0 Å². The fraction of sp³-hybridized carbons (Fsp3) is 0.857. The lowest BCUT2D eigenvalue weighted by Crippen LogP contribution is -2.46. The van der Waals surface area contributed by atoms with Gasteiger partial charge in [-0.05, 0) is 40.0 Å². The number of hydrogen-bond acceptors (Lipinski definition) is 3. The highest BCUT2D eigenvalue weighted by Gasteiger charge is 2.15. The van der Waals surface area contributed by atoms with Crippen LogP contribution < -0.4 is 16.4 Å². The summed E-state index contributed by atoms with van der Waals surface area (Å²) in [6.07, 6.45) is 0.418. The molecule has 0 aromatic carbocycles. The van der Waals surface area contributed by atoms with E-state index in [1.165, 1.54) is 0 Å². The van der Waals surface area contributed by atoms with Crippen LogP contribution in [-0.2, 0) is 4.74 Å². The van der Waals surface area contributed by atoms with Crippen molar-refractivity contribution in [2.24, 2.45) is 16.6 Å². The smallest absolute Gasteiger partial charge is 0.407 e. The molecule has 1 amide bonds. The standard InChI is InChI=1S/C14H30N4O2.HI/c1-7-20-13(19)17-11(8-10(2)3)9-16-12(15)18-14(4,5)6;/h10-11H,7-9H2,1-6H3,(H,17,19)(H3,15,16,18);1H. The van der Waals surface area contributed by atoms with Crippen molar-refractivity contribution in [2.75, 3.05) is 13.2 Å². The second-order valence-corrected chi connectivity index (χ2v) is 6.29. The second-order valence-electron chi connectivity index (χ2n) is 6.29. The molecule has 0 spiro atoms. The molecule has 0 aliphatic heterocycles. The van der Waals surface area contributed by atoms with Crippen LogP contribution in [-0.4, -0.2) is 36.8 Å². The zero-order valence-corrected chi connectivity index (χ0v) is 16.4. The summed E-state index contributed by atoms with van der Waals surface area (Å²) in [6.45, 7) is 12.8. The molecule has 1 atom stereocenters. The number of amides is 1. The van der Waals surface area contributed by atoms with E-state index in [0.29, 0.717) is 25.0 Å². The van der Waals surface area contributed by atoms with Crippen LogP contribution in [0.5, 0.6) is 0 Å². The van der Waals surface area contributed by atoms with Gasteiger partial charge >= 0.3 is 6.09 Å². The normalized spacial score (nSPS) is 13.4. The highest BCUT2D eigenvalue weighted by atomic mass is 127. The Hall–Kier alpha value is -0.730. The number of nitrogens with two attached hydrogens (primary N) is 1. The summed E-state index contributed by atoms with van der Waals surface area (Å²) in [5.41, 5.74) is 5.69. The van der Waals surface area contributed by atoms with E-state index < -0.39 is 6.09 Å². The van der Waals surface area contributed by atoms with Gasteiger partial charge in [0.05, 0.1) is 19.2 Å². The van der Waals surface area contributed by atoms with Crippen LogP contribution in [0.4, 0.5) is 4.79 Å². The highest BCUT2D eigenvalue weighted by Crippen LogP contribution is 2.06. The molecular formula is C14H31IN4O2. The lowest BCUT2D eigenvalue weighted by molar-refractivity contribution is 0.147. The van der Waals surface area contributed by atoms with Crippen molar-refractivity contribution in [1.29, 1.82) is 0 Å². The molecule has 0 rings (SSSR count). The van der Waals surface area contributed by atoms with Crippen molar-refractivity contribution in [3.05, 3.63) is 0 Å². The Bertz CT molecular complexity index is 327. The molecule has 0 bridgehead atoms. The van der Waals surface area contributed by atoms with Crippen molar-refractivity contribution in [1.82, 2.24) is 10.6 Å². The Balaban J connectivity index is 0. The summed E-state index contributed by atoms with van der Waals surface area (Å²) >= 11 is 0. The zero-order chi connectivity index (χ0) is 15.8. The Morgan fingerprint density at radius 1 is 1.33 bits per heavy atom. The Morgan fingerprint density at radius 2 is 1.90 bits per heavy atom. The van der Waals surface area contributed by atoms with Crippen LogP contribution in [0.3, 0.4) is 0 Å². The molecule has 0 heterocycles. The zero-order valence-electron chi connectivity index (χ0n) is 14.0. The van der Waals surface area contributed by atoms with Gasteiger partial charge in [0.15, 0.2) is 5.96 Å². The maximum atomic E-state index is 11.5. The van der Waals surface area contributed by atoms with Gasteiger partial charge in [0.1, 0.15) is 0 Å². The van der Waals surface area contributed by atoms with E-state index in [1.807, 2.05) is 20.8 Å². The lowest BCUT2D eigenvalue weighted by atomic mass is 10.0. The van der Waals surface area contributed by atoms with Gasteiger partial charge in [0.2, 0.25) is 0 Å². The molecule has 4 N–H and O–H groups in total. The lowest BCUT2D eigenvalue weighted by Gasteiger charge is -2.22. The van der Waals surface area contributed by atoms with Gasteiger partial charge in [-0.25, -0.2) is 4.79 Å². The first-order chi connectivity index (χ1) is 9.14. The summed E-state index contributed by atoms with van der Waals surface area (Å²) in [5, 5.41) is 5.91. The minimum absolute atomic E-state index is 0. The summed E-state index contributed by atoms with van der Waals surface area (Å²) in [7, 11) is 0. The van der Waals surface area contributed by atoms with E-state index >= 15 is 0 Å². The molecule has 0 saturated heterocycles. The fourth-order valence-corrected chi connectivity index (χ4v) is 1.72. The summed E-state index contributed by atoms with van der Waals surface area (Å²) in [5.74, 6) is 0.839. The number of guanidine groups is 1. The van der Waals surface area contributed by atoms with Crippen LogP contribution in [0.2, 0.25) is 0 Å². The maximum Gasteiger partial charge on any atom is 0.407 e. The van der Waals surface area contributed by atoms with Crippen molar-refractivity contribution in [3.8, 4) is 0 Å². The van der Waals surface area contributed by atoms with Crippen molar-refractivity contribution < 1.29 is 9.53 Å². The van der Waals surface area contributed by atoms with Crippen molar-refractivity contribution in [2.45, 2.75) is 59.5 Å². The Kier molecular flexibility index (Phi) is 11.7. The molecule has 0 aromatic heterocycles. The largest absolute Gasteiger partial charge is 0.450 e. The van der Waals surface area contributed by atoms with Gasteiger partial charge in [0.25, 0.3) is 0 Å². The third-order valence-electron chi connectivity index (χ3n) is 2.34. The van der Waals surface area contributed by atoms with E-state index in [4.69, 9.17) is 10.5 Å². The minimum atomic E-state index is -0.407. The predicted molar refractivity (Wildman–Crippen MR) is 98.2 cm³/mol. The number of carbonyl (C=O) groups is 1. The minimum Gasteiger partial charge on any atom is -0.450 e. The molecule has 0 aliphatic rings. The third kappa shape index (κ3) is 14.0. The number of rotatable bonds is 6. The van der Waals surface area contributed by atoms with E-state index in [2.05, 4.69) is 29.5 Å². The van der Waals surface area contributed by atoms with Crippen molar-refractivity contribution >= 4 is 36.0 Å². The monoisotopic (exact) mass is 414 g/mol. The summed E-state index contributed by atoms with van der Waals surface area (Å²) in [4.78, 5) is 15.8. The number of ether oxygens (including phenoxy) is 1. The first kappa shape index (κ1) is 22.5. The second kappa shape index (κ2) is 10.9. The molecule has 0 aromatic rings.